The fraction of sp³-hybridized carbons (Fsp3) is 0.481. The van der Waals surface area contributed by atoms with E-state index in [-0.39, 0.29) is 17.9 Å². The first kappa shape index (κ1) is 22.5. The first-order chi connectivity index (χ1) is 15.6. The van der Waals surface area contributed by atoms with Crippen molar-refractivity contribution in [3.8, 4) is 0 Å². The van der Waals surface area contributed by atoms with Gasteiger partial charge in [0.1, 0.15) is 0 Å². The zero-order valence-corrected chi connectivity index (χ0v) is 19.1. The zero-order chi connectivity index (χ0) is 22.3. The third-order valence-electron chi connectivity index (χ3n) is 6.96. The smallest absolute Gasteiger partial charge is 0.242 e. The molecule has 1 saturated heterocycles. The van der Waals surface area contributed by atoms with Gasteiger partial charge in [0.05, 0.1) is 6.04 Å². The number of aryl methyl sites for hydroxylation is 2. The van der Waals surface area contributed by atoms with Gasteiger partial charge in [0.15, 0.2) is 0 Å². The van der Waals surface area contributed by atoms with Crippen molar-refractivity contribution in [1.29, 1.82) is 0 Å². The van der Waals surface area contributed by atoms with Crippen LogP contribution < -0.4 is 5.32 Å². The van der Waals surface area contributed by atoms with Gasteiger partial charge in [0.2, 0.25) is 11.8 Å². The number of hydrogen-bond donors (Lipinski definition) is 1. The molecule has 1 N–H and O–H groups in total. The van der Waals surface area contributed by atoms with E-state index in [1.807, 2.05) is 54.3 Å². The summed E-state index contributed by atoms with van der Waals surface area (Å²) >= 11 is 0. The van der Waals surface area contributed by atoms with Crippen molar-refractivity contribution in [2.24, 2.45) is 5.92 Å². The second kappa shape index (κ2) is 10.8. The van der Waals surface area contributed by atoms with Crippen molar-refractivity contribution in [2.45, 2.75) is 51.5 Å². The van der Waals surface area contributed by atoms with Crippen molar-refractivity contribution in [2.75, 3.05) is 31.5 Å². The summed E-state index contributed by atoms with van der Waals surface area (Å²) in [5.74, 6) is 0.723. The highest BCUT2D eigenvalue weighted by atomic mass is 16.2. The summed E-state index contributed by atoms with van der Waals surface area (Å²) in [7, 11) is 0. The molecule has 0 spiro atoms. The fourth-order valence-electron chi connectivity index (χ4n) is 5.11. The quantitative estimate of drug-likeness (QED) is 0.710. The maximum atomic E-state index is 13.3. The normalized spacial score (nSPS) is 18.5. The number of hydrogen-bond acceptors (Lipinski definition) is 3. The molecule has 1 unspecified atom stereocenters. The summed E-state index contributed by atoms with van der Waals surface area (Å²) in [5, 5.41) is 3.15. The molecule has 1 saturated carbocycles. The van der Waals surface area contributed by atoms with Crippen LogP contribution in [0.3, 0.4) is 0 Å². The van der Waals surface area contributed by atoms with Crippen LogP contribution in [0, 0.1) is 12.8 Å². The number of carbonyl (C=O) groups excluding carboxylic acids is 2. The molecule has 2 aromatic carbocycles. The molecule has 32 heavy (non-hydrogen) atoms. The lowest BCUT2D eigenvalue weighted by atomic mass is 9.94. The first-order valence-electron chi connectivity index (χ1n) is 12.0. The second-order valence-corrected chi connectivity index (χ2v) is 9.25. The SMILES string of the molecule is Cc1ccc(NC(=O)C(C2CCCC2)N2CCN(C(=O)CCc3ccccc3)CC2)cc1. The minimum atomic E-state index is -0.111. The highest BCUT2D eigenvalue weighted by molar-refractivity contribution is 5.95. The Labute approximate surface area is 191 Å². The van der Waals surface area contributed by atoms with Gasteiger partial charge >= 0.3 is 0 Å². The average Bonchev–Trinajstić information content (AvgIpc) is 3.34. The van der Waals surface area contributed by atoms with Crippen molar-refractivity contribution >= 4 is 17.5 Å². The summed E-state index contributed by atoms with van der Waals surface area (Å²) in [5.41, 5.74) is 3.25. The Morgan fingerprint density at radius 2 is 1.59 bits per heavy atom. The highest BCUT2D eigenvalue weighted by Crippen LogP contribution is 2.31. The Balaban J connectivity index is 1.34. The van der Waals surface area contributed by atoms with Crippen molar-refractivity contribution in [1.82, 2.24) is 9.80 Å². The number of carbonyl (C=O) groups is 2. The van der Waals surface area contributed by atoms with Crippen LogP contribution >= 0.6 is 0 Å². The van der Waals surface area contributed by atoms with E-state index < -0.39 is 0 Å². The van der Waals surface area contributed by atoms with E-state index in [0.29, 0.717) is 25.4 Å². The Morgan fingerprint density at radius 3 is 2.25 bits per heavy atom. The largest absolute Gasteiger partial charge is 0.340 e. The number of piperazine rings is 1. The van der Waals surface area contributed by atoms with Gasteiger partial charge < -0.3 is 10.2 Å². The van der Waals surface area contributed by atoms with E-state index in [9.17, 15) is 9.59 Å². The van der Waals surface area contributed by atoms with Crippen LogP contribution in [0.2, 0.25) is 0 Å². The number of nitrogens with zero attached hydrogens (tertiary/aromatic N) is 2. The molecule has 5 nitrogen and oxygen atoms in total. The predicted molar refractivity (Wildman–Crippen MR) is 128 cm³/mol. The van der Waals surface area contributed by atoms with Crippen LogP contribution in [0.25, 0.3) is 0 Å². The van der Waals surface area contributed by atoms with Crippen molar-refractivity contribution in [3.05, 3.63) is 65.7 Å². The maximum Gasteiger partial charge on any atom is 0.242 e. The first-order valence-corrected chi connectivity index (χ1v) is 12.0. The summed E-state index contributed by atoms with van der Waals surface area (Å²) < 4.78 is 0. The van der Waals surface area contributed by atoms with Crippen LogP contribution in [-0.4, -0.2) is 53.8 Å². The standard InChI is InChI=1S/C27H35N3O2/c1-21-11-14-24(15-12-21)28-27(32)26(23-9-5-6-10-23)30-19-17-29(18-20-30)25(31)16-13-22-7-3-2-4-8-22/h2-4,7-8,11-12,14-15,23,26H,5-6,9-10,13,16-20H2,1H3,(H,28,32). The van der Waals surface area contributed by atoms with E-state index in [4.69, 9.17) is 0 Å². The van der Waals surface area contributed by atoms with Gasteiger partial charge in [-0.2, -0.15) is 0 Å². The van der Waals surface area contributed by atoms with E-state index in [2.05, 4.69) is 22.3 Å². The molecule has 1 aliphatic heterocycles. The van der Waals surface area contributed by atoms with Gasteiger partial charge in [0, 0.05) is 38.3 Å². The molecule has 0 radical (unpaired) electrons. The highest BCUT2D eigenvalue weighted by Gasteiger charge is 2.37. The number of anilines is 1. The third kappa shape index (κ3) is 5.77. The Hall–Kier alpha value is -2.66. The molecule has 1 aliphatic carbocycles. The molecular weight excluding hydrogens is 398 g/mol. The molecule has 2 amide bonds. The van der Waals surface area contributed by atoms with E-state index >= 15 is 0 Å². The van der Waals surface area contributed by atoms with Crippen LogP contribution in [0.5, 0.6) is 0 Å². The van der Waals surface area contributed by atoms with Gasteiger partial charge in [-0.3, -0.25) is 14.5 Å². The summed E-state index contributed by atoms with van der Waals surface area (Å²) in [6.45, 7) is 4.98. The van der Waals surface area contributed by atoms with Gasteiger partial charge in [-0.25, -0.2) is 0 Å². The van der Waals surface area contributed by atoms with Gasteiger partial charge in [-0.15, -0.1) is 0 Å². The van der Waals surface area contributed by atoms with Gasteiger partial charge in [0.25, 0.3) is 0 Å². The number of rotatable bonds is 7. The Kier molecular flexibility index (Phi) is 7.59. The van der Waals surface area contributed by atoms with Crippen molar-refractivity contribution in [3.63, 3.8) is 0 Å². The molecule has 0 bridgehead atoms. The molecule has 2 aliphatic rings. The summed E-state index contributed by atoms with van der Waals surface area (Å²) in [4.78, 5) is 30.4. The number of amides is 2. The van der Waals surface area contributed by atoms with Crippen LogP contribution in [0.1, 0.15) is 43.2 Å². The monoisotopic (exact) mass is 433 g/mol. The van der Waals surface area contributed by atoms with E-state index in [1.165, 1.54) is 24.0 Å². The molecule has 0 aromatic heterocycles. The molecule has 5 heteroatoms. The predicted octanol–water partition coefficient (Wildman–Crippen LogP) is 4.27. The number of benzene rings is 2. The molecular formula is C27H35N3O2. The molecule has 170 valence electrons. The molecule has 1 atom stereocenters. The summed E-state index contributed by atoms with van der Waals surface area (Å²) in [6.07, 6.45) is 5.96. The molecule has 1 heterocycles. The van der Waals surface area contributed by atoms with E-state index in [1.54, 1.807) is 0 Å². The lowest BCUT2D eigenvalue weighted by molar-refractivity contribution is -0.134. The topological polar surface area (TPSA) is 52.7 Å². The van der Waals surface area contributed by atoms with Gasteiger partial charge in [-0.05, 0) is 49.8 Å². The third-order valence-corrected chi connectivity index (χ3v) is 6.96. The second-order valence-electron chi connectivity index (χ2n) is 9.25. The Morgan fingerprint density at radius 1 is 0.938 bits per heavy atom. The van der Waals surface area contributed by atoms with Gasteiger partial charge in [-0.1, -0.05) is 60.9 Å². The fourth-order valence-corrected chi connectivity index (χ4v) is 5.11. The minimum absolute atomic E-state index is 0.101. The lowest BCUT2D eigenvalue weighted by Gasteiger charge is -2.40. The van der Waals surface area contributed by atoms with Crippen molar-refractivity contribution < 1.29 is 9.59 Å². The van der Waals surface area contributed by atoms with E-state index in [0.717, 1.165) is 38.0 Å². The number of nitrogens with one attached hydrogen (secondary N) is 1. The Bertz CT molecular complexity index is 883. The van der Waals surface area contributed by atoms with Crippen LogP contribution in [-0.2, 0) is 16.0 Å². The lowest BCUT2D eigenvalue weighted by Crippen LogP contribution is -2.57. The zero-order valence-electron chi connectivity index (χ0n) is 19.1. The molecule has 2 aromatic rings. The summed E-state index contributed by atoms with van der Waals surface area (Å²) in [6, 6.07) is 18.1. The molecule has 4 rings (SSSR count). The van der Waals surface area contributed by atoms with Crippen LogP contribution in [0.15, 0.2) is 54.6 Å². The maximum absolute atomic E-state index is 13.3. The molecule has 2 fully saturated rings. The van der Waals surface area contributed by atoms with Crippen LogP contribution in [0.4, 0.5) is 5.69 Å². The average molecular weight is 434 g/mol. The minimum Gasteiger partial charge on any atom is -0.340 e.